The van der Waals surface area contributed by atoms with Crippen LogP contribution in [0.25, 0.3) is 0 Å². The maximum atomic E-state index is 12.1. The lowest BCUT2D eigenvalue weighted by molar-refractivity contribution is -0.118. The van der Waals surface area contributed by atoms with E-state index in [0.29, 0.717) is 35.2 Å². The molecule has 1 heterocycles. The Kier molecular flexibility index (Phi) is 6.72. The molecule has 0 atom stereocenters. The zero-order valence-electron chi connectivity index (χ0n) is 15.8. The number of rotatable bonds is 8. The molecule has 0 spiro atoms. The molecule has 0 saturated carbocycles. The van der Waals surface area contributed by atoms with E-state index in [1.54, 1.807) is 60.9 Å². The molecule has 2 aromatic carbocycles. The first-order chi connectivity index (χ1) is 14.1. The Hall–Kier alpha value is -3.94. The molecule has 3 N–H and O–H groups in total. The number of furan rings is 1. The van der Waals surface area contributed by atoms with Crippen molar-refractivity contribution in [3.05, 3.63) is 72.7 Å². The first kappa shape index (κ1) is 19.8. The molecule has 0 fully saturated rings. The van der Waals surface area contributed by atoms with Crippen LogP contribution < -0.4 is 25.4 Å². The molecule has 3 amide bonds. The molecule has 0 aliphatic rings. The predicted octanol–water partition coefficient (Wildman–Crippen LogP) is 3.63. The normalized spacial score (nSPS) is 10.1. The van der Waals surface area contributed by atoms with Gasteiger partial charge in [-0.3, -0.25) is 4.79 Å². The van der Waals surface area contributed by atoms with Gasteiger partial charge in [-0.1, -0.05) is 12.1 Å². The molecule has 0 unspecified atom stereocenters. The summed E-state index contributed by atoms with van der Waals surface area (Å²) in [5, 5.41) is 8.11. The van der Waals surface area contributed by atoms with Gasteiger partial charge in [-0.15, -0.1) is 0 Å². The molecular formula is C21H21N3O5. The van der Waals surface area contributed by atoms with E-state index in [-0.39, 0.29) is 18.5 Å². The third kappa shape index (κ3) is 6.03. The minimum absolute atomic E-state index is 0.157. The maximum Gasteiger partial charge on any atom is 0.319 e. The van der Waals surface area contributed by atoms with Crippen molar-refractivity contribution in [2.24, 2.45) is 0 Å². The fourth-order valence-electron chi connectivity index (χ4n) is 2.47. The van der Waals surface area contributed by atoms with E-state index < -0.39 is 0 Å². The van der Waals surface area contributed by atoms with Gasteiger partial charge in [0, 0.05) is 11.4 Å². The number of amides is 3. The number of ether oxygens (including phenoxy) is 2. The topological polar surface area (TPSA) is 102 Å². The van der Waals surface area contributed by atoms with Gasteiger partial charge in [-0.05, 0) is 48.5 Å². The van der Waals surface area contributed by atoms with Crippen LogP contribution >= 0.6 is 0 Å². The van der Waals surface area contributed by atoms with Gasteiger partial charge in [0.1, 0.15) is 5.76 Å². The highest BCUT2D eigenvalue weighted by atomic mass is 16.5. The Bertz CT molecular complexity index is 939. The van der Waals surface area contributed by atoms with Gasteiger partial charge in [-0.2, -0.15) is 0 Å². The van der Waals surface area contributed by atoms with Gasteiger partial charge in [0.05, 0.1) is 19.9 Å². The predicted molar refractivity (Wildman–Crippen MR) is 108 cm³/mol. The minimum atomic E-state index is -0.358. The first-order valence-electron chi connectivity index (χ1n) is 8.87. The van der Waals surface area contributed by atoms with E-state index in [4.69, 9.17) is 13.9 Å². The number of methoxy groups -OCH3 is 1. The number of hydrogen-bond acceptors (Lipinski definition) is 5. The minimum Gasteiger partial charge on any atom is -0.493 e. The molecule has 0 aliphatic carbocycles. The number of para-hydroxylation sites is 2. The molecule has 0 saturated heterocycles. The van der Waals surface area contributed by atoms with Crippen LogP contribution in [0.4, 0.5) is 16.2 Å². The van der Waals surface area contributed by atoms with Gasteiger partial charge < -0.3 is 29.8 Å². The number of carbonyl (C=O) groups is 2. The van der Waals surface area contributed by atoms with Crippen molar-refractivity contribution >= 4 is 23.3 Å². The van der Waals surface area contributed by atoms with Crippen LogP contribution in [0.2, 0.25) is 0 Å². The van der Waals surface area contributed by atoms with E-state index in [0.717, 1.165) is 0 Å². The van der Waals surface area contributed by atoms with Crippen molar-refractivity contribution in [3.8, 4) is 11.5 Å². The molecule has 1 aromatic heterocycles. The van der Waals surface area contributed by atoms with Gasteiger partial charge >= 0.3 is 6.03 Å². The summed E-state index contributed by atoms with van der Waals surface area (Å²) in [5.41, 5.74) is 1.17. The van der Waals surface area contributed by atoms with Crippen molar-refractivity contribution in [2.75, 3.05) is 24.4 Å². The van der Waals surface area contributed by atoms with E-state index in [2.05, 4.69) is 16.0 Å². The lowest BCUT2D eigenvalue weighted by atomic mass is 10.3. The molecule has 150 valence electrons. The van der Waals surface area contributed by atoms with E-state index in [1.165, 1.54) is 7.11 Å². The van der Waals surface area contributed by atoms with Gasteiger partial charge in [-0.25, -0.2) is 4.79 Å². The van der Waals surface area contributed by atoms with Crippen molar-refractivity contribution in [1.82, 2.24) is 5.32 Å². The number of anilines is 2. The number of nitrogens with one attached hydrogen (secondary N) is 3. The van der Waals surface area contributed by atoms with Gasteiger partial charge in [0.25, 0.3) is 5.91 Å². The second kappa shape index (κ2) is 9.84. The van der Waals surface area contributed by atoms with Crippen molar-refractivity contribution in [3.63, 3.8) is 0 Å². The Balaban J connectivity index is 1.44. The number of urea groups is 1. The van der Waals surface area contributed by atoms with Crippen LogP contribution in [0.15, 0.2) is 71.3 Å². The summed E-state index contributed by atoms with van der Waals surface area (Å²) in [4.78, 5) is 24.0. The quantitative estimate of drug-likeness (QED) is 0.541. The number of carbonyl (C=O) groups excluding carboxylic acids is 2. The molecule has 8 nitrogen and oxygen atoms in total. The van der Waals surface area contributed by atoms with Crippen LogP contribution in [-0.2, 0) is 11.3 Å². The summed E-state index contributed by atoms with van der Waals surface area (Å²) in [7, 11) is 1.54. The Labute approximate surface area is 167 Å². The van der Waals surface area contributed by atoms with E-state index in [1.807, 2.05) is 6.07 Å². The standard InChI is InChI=1S/C21H21N3O5/c1-27-18-6-2-3-7-19(18)29-14-20(25)23-15-8-10-16(11-9-15)24-21(26)22-13-17-5-4-12-28-17/h2-12H,13-14H2,1H3,(H,23,25)(H2,22,24,26). The van der Waals surface area contributed by atoms with Crippen molar-refractivity contribution in [2.45, 2.75) is 6.54 Å². The Morgan fingerprint density at radius 3 is 2.24 bits per heavy atom. The highest BCUT2D eigenvalue weighted by Gasteiger charge is 2.08. The summed E-state index contributed by atoms with van der Waals surface area (Å²) >= 11 is 0. The number of benzene rings is 2. The van der Waals surface area contributed by atoms with E-state index >= 15 is 0 Å². The van der Waals surface area contributed by atoms with Gasteiger partial charge in [0.15, 0.2) is 18.1 Å². The molecule has 0 aliphatic heterocycles. The Morgan fingerprint density at radius 1 is 0.897 bits per heavy atom. The Morgan fingerprint density at radius 2 is 1.59 bits per heavy atom. The average Bonchev–Trinajstić information content (AvgIpc) is 3.26. The van der Waals surface area contributed by atoms with Crippen LogP contribution in [0.1, 0.15) is 5.76 Å². The summed E-state index contributed by atoms with van der Waals surface area (Å²) in [6, 6.07) is 17.0. The van der Waals surface area contributed by atoms with Crippen molar-refractivity contribution in [1.29, 1.82) is 0 Å². The largest absolute Gasteiger partial charge is 0.493 e. The zero-order valence-corrected chi connectivity index (χ0v) is 15.8. The summed E-state index contributed by atoms with van der Waals surface area (Å²) < 4.78 is 15.8. The van der Waals surface area contributed by atoms with Crippen LogP contribution in [0, 0.1) is 0 Å². The smallest absolute Gasteiger partial charge is 0.319 e. The SMILES string of the molecule is COc1ccccc1OCC(=O)Nc1ccc(NC(=O)NCc2ccco2)cc1. The fraction of sp³-hybridized carbons (Fsp3) is 0.143. The lowest BCUT2D eigenvalue weighted by Crippen LogP contribution is -2.28. The molecule has 3 rings (SSSR count). The van der Waals surface area contributed by atoms with Crippen LogP contribution in [-0.4, -0.2) is 25.7 Å². The molecule has 29 heavy (non-hydrogen) atoms. The highest BCUT2D eigenvalue weighted by molar-refractivity contribution is 5.93. The highest BCUT2D eigenvalue weighted by Crippen LogP contribution is 2.25. The lowest BCUT2D eigenvalue weighted by Gasteiger charge is -2.11. The first-order valence-corrected chi connectivity index (χ1v) is 8.87. The average molecular weight is 395 g/mol. The third-order valence-corrected chi connectivity index (χ3v) is 3.86. The summed E-state index contributed by atoms with van der Waals surface area (Å²) in [5.74, 6) is 1.40. The fourth-order valence-corrected chi connectivity index (χ4v) is 2.47. The summed E-state index contributed by atoms with van der Waals surface area (Å²) in [6.07, 6.45) is 1.54. The zero-order chi connectivity index (χ0) is 20.5. The van der Waals surface area contributed by atoms with Crippen molar-refractivity contribution < 1.29 is 23.5 Å². The molecule has 8 heteroatoms. The molecule has 0 radical (unpaired) electrons. The maximum absolute atomic E-state index is 12.1. The second-order valence-corrected chi connectivity index (χ2v) is 5.95. The monoisotopic (exact) mass is 395 g/mol. The second-order valence-electron chi connectivity index (χ2n) is 5.95. The molecular weight excluding hydrogens is 374 g/mol. The number of hydrogen-bond donors (Lipinski definition) is 3. The summed E-state index contributed by atoms with van der Waals surface area (Å²) in [6.45, 7) is 0.134. The van der Waals surface area contributed by atoms with Crippen LogP contribution in [0.3, 0.4) is 0 Å². The molecule has 0 bridgehead atoms. The molecule has 3 aromatic rings. The van der Waals surface area contributed by atoms with E-state index in [9.17, 15) is 9.59 Å². The third-order valence-electron chi connectivity index (χ3n) is 3.86. The van der Waals surface area contributed by atoms with Gasteiger partial charge in [0.2, 0.25) is 0 Å². The van der Waals surface area contributed by atoms with Crippen LogP contribution in [0.5, 0.6) is 11.5 Å².